The van der Waals surface area contributed by atoms with Crippen LogP contribution >= 0.6 is 0 Å². The Labute approximate surface area is 441 Å². The molecule has 0 spiro atoms. The zero-order chi connectivity index (χ0) is 50.6. The number of nitrogens with zero attached hydrogens (tertiary/aromatic N) is 3. The molecule has 7 heterocycles. The van der Waals surface area contributed by atoms with E-state index in [0.717, 1.165) is 105 Å². The molecule has 7 heteroatoms. The number of benzene rings is 11. The Morgan fingerprint density at radius 3 is 1.53 bits per heavy atom. The molecule has 11 aromatic carbocycles. The monoisotopic (exact) mass is 985 g/mol. The molecular weight excluding hydrogens is 942 g/mol. The van der Waals surface area contributed by atoms with Crippen LogP contribution in [0.5, 0.6) is 11.5 Å². The fourth-order valence-corrected chi connectivity index (χ4v) is 13.8. The molecule has 6 nitrogen and oxygen atoms in total. The van der Waals surface area contributed by atoms with Gasteiger partial charge in [0.1, 0.15) is 33.8 Å². The second-order valence-corrected chi connectivity index (χ2v) is 22.4. The summed E-state index contributed by atoms with van der Waals surface area (Å²) in [5.41, 5.74) is 20.4. The van der Waals surface area contributed by atoms with Gasteiger partial charge in [0.05, 0.1) is 43.9 Å². The van der Waals surface area contributed by atoms with Gasteiger partial charge in [0.15, 0.2) is 0 Å². The first-order chi connectivity index (χ1) is 37.8. The van der Waals surface area contributed by atoms with Crippen LogP contribution in [0.25, 0.3) is 137 Å². The van der Waals surface area contributed by atoms with E-state index in [-0.39, 0.29) is 12.1 Å². The third-order valence-electron chi connectivity index (χ3n) is 17.2. The van der Waals surface area contributed by atoms with Crippen LogP contribution in [0.1, 0.15) is 26.3 Å². The molecule has 0 unspecified atom stereocenters. The Hall–Kier alpha value is -9.72. The van der Waals surface area contributed by atoms with E-state index in [2.05, 4.69) is 247 Å². The highest BCUT2D eigenvalue weighted by Crippen LogP contribution is 2.48. The van der Waals surface area contributed by atoms with Gasteiger partial charge in [-0.15, -0.1) is 0 Å². The molecule has 77 heavy (non-hydrogen) atoms. The SMILES string of the molecule is CC(C)(C)c1cc2c3c(c1)-n1c4ccc5c6cc(-n7c8ccccc8c8ccccc87)ccc6oc5c4c4c5oc6ccc(-n7c8ccccc8c8ccccc87)cc6c5cc(c41)B3c1cc(-c3ccccc3)ccc1O2. The van der Waals surface area contributed by atoms with Crippen molar-refractivity contribution in [1.82, 2.24) is 13.7 Å². The zero-order valence-electron chi connectivity index (χ0n) is 42.4. The first kappa shape index (κ1) is 41.6. The quantitative estimate of drug-likeness (QED) is 0.166. The van der Waals surface area contributed by atoms with Gasteiger partial charge in [0.25, 0.3) is 6.71 Å². The lowest BCUT2D eigenvalue weighted by Gasteiger charge is -2.35. The number of hydrogen-bond donors (Lipinski definition) is 0. The van der Waals surface area contributed by atoms with E-state index in [4.69, 9.17) is 13.6 Å². The van der Waals surface area contributed by atoms with E-state index < -0.39 is 0 Å². The van der Waals surface area contributed by atoms with Crippen LogP contribution in [0, 0.1) is 0 Å². The highest BCUT2D eigenvalue weighted by Gasteiger charge is 2.43. The number of para-hydroxylation sites is 4. The molecule has 16 aromatic rings. The fourth-order valence-electron chi connectivity index (χ4n) is 13.8. The third kappa shape index (κ3) is 5.45. The lowest BCUT2D eigenvalue weighted by atomic mass is 9.34. The van der Waals surface area contributed by atoms with Gasteiger partial charge in [-0.1, -0.05) is 142 Å². The number of rotatable bonds is 3. The second-order valence-electron chi connectivity index (χ2n) is 22.4. The van der Waals surface area contributed by atoms with Crippen molar-refractivity contribution < 1.29 is 13.6 Å². The fraction of sp³-hybridized carbons (Fsp3) is 0.0571. The van der Waals surface area contributed by atoms with Crippen molar-refractivity contribution in [3.8, 4) is 39.7 Å². The summed E-state index contributed by atoms with van der Waals surface area (Å²) in [5.74, 6) is 1.77. The van der Waals surface area contributed by atoms with Crippen LogP contribution in [0.2, 0.25) is 0 Å². The van der Waals surface area contributed by atoms with E-state index in [1.54, 1.807) is 0 Å². The van der Waals surface area contributed by atoms with Gasteiger partial charge in [0, 0.05) is 60.2 Å². The molecule has 2 aliphatic rings. The smallest absolute Gasteiger partial charge is 0.256 e. The molecule has 0 atom stereocenters. The molecule has 0 saturated carbocycles. The minimum absolute atomic E-state index is 0.157. The highest BCUT2D eigenvalue weighted by atomic mass is 16.5. The largest absolute Gasteiger partial charge is 0.458 e. The standard InChI is InChI=1S/C70H44BN3O3/c1-70(2,3)41-34-59-66-63(35-41)75-62-30-25-40(39-15-5-4-6-16-39)33-52(62)71(66)53-38-51-50-37-43(73-56-23-13-9-19-46(56)47-20-10-14-24-57(47)73)27-32-61(50)77-69(51)65-64-58(74(59)67(53)65)29-28-48-49-36-42(26-31-60(49)76-68(48)64)72-54-21-11-7-17-44(54)45-18-8-12-22-55(45)72/h4-38H,1-3H3. The summed E-state index contributed by atoms with van der Waals surface area (Å²) in [6, 6.07) is 77.5. The number of ether oxygens (including phenoxy) is 1. The van der Waals surface area contributed by atoms with Crippen molar-refractivity contribution in [1.29, 1.82) is 0 Å². The summed E-state index contributed by atoms with van der Waals surface area (Å²) in [5, 5.41) is 11.3. The molecule has 5 aromatic heterocycles. The normalized spacial score (nSPS) is 13.2. The molecule has 360 valence electrons. The minimum Gasteiger partial charge on any atom is -0.458 e. The molecule has 0 amide bonds. The van der Waals surface area contributed by atoms with Crippen LogP contribution in [0.3, 0.4) is 0 Å². The average molecular weight is 986 g/mol. The minimum atomic E-state index is -0.166. The van der Waals surface area contributed by atoms with Crippen molar-refractivity contribution in [3.63, 3.8) is 0 Å². The van der Waals surface area contributed by atoms with Crippen LogP contribution in [0.15, 0.2) is 221 Å². The van der Waals surface area contributed by atoms with Crippen LogP contribution in [-0.4, -0.2) is 20.4 Å². The Kier molecular flexibility index (Phi) is 7.87. The van der Waals surface area contributed by atoms with Gasteiger partial charge < -0.3 is 27.3 Å². The molecule has 0 fully saturated rings. The first-order valence-corrected chi connectivity index (χ1v) is 26.7. The molecule has 0 radical (unpaired) electrons. The third-order valence-corrected chi connectivity index (χ3v) is 17.2. The zero-order valence-corrected chi connectivity index (χ0v) is 42.4. The van der Waals surface area contributed by atoms with Crippen molar-refractivity contribution >= 4 is 132 Å². The van der Waals surface area contributed by atoms with E-state index >= 15 is 0 Å². The van der Waals surface area contributed by atoms with Crippen LogP contribution < -0.4 is 21.1 Å². The molecule has 0 saturated heterocycles. The maximum Gasteiger partial charge on any atom is 0.256 e. The predicted molar refractivity (Wildman–Crippen MR) is 319 cm³/mol. The molecule has 0 bridgehead atoms. The van der Waals surface area contributed by atoms with Crippen molar-refractivity contribution in [3.05, 3.63) is 218 Å². The van der Waals surface area contributed by atoms with Gasteiger partial charge >= 0.3 is 0 Å². The molecule has 2 aliphatic heterocycles. The van der Waals surface area contributed by atoms with Crippen molar-refractivity contribution in [2.75, 3.05) is 0 Å². The molecule has 0 aliphatic carbocycles. The summed E-state index contributed by atoms with van der Waals surface area (Å²) in [6.07, 6.45) is 0. The average Bonchev–Trinajstić information content (AvgIpc) is 3.75. The van der Waals surface area contributed by atoms with E-state index in [9.17, 15) is 0 Å². The van der Waals surface area contributed by atoms with Crippen LogP contribution in [-0.2, 0) is 5.41 Å². The summed E-state index contributed by atoms with van der Waals surface area (Å²) < 4.78 is 29.1. The Morgan fingerprint density at radius 2 is 0.935 bits per heavy atom. The maximum absolute atomic E-state index is 7.36. The van der Waals surface area contributed by atoms with Gasteiger partial charge in [-0.3, -0.25) is 0 Å². The Balaban J connectivity index is 0.982. The second kappa shape index (κ2) is 14.6. The van der Waals surface area contributed by atoms with Gasteiger partial charge in [0.2, 0.25) is 0 Å². The summed E-state index contributed by atoms with van der Waals surface area (Å²) in [6.45, 7) is 6.72. The summed E-state index contributed by atoms with van der Waals surface area (Å²) >= 11 is 0. The van der Waals surface area contributed by atoms with E-state index in [0.29, 0.717) is 0 Å². The Morgan fingerprint density at radius 1 is 0.377 bits per heavy atom. The van der Waals surface area contributed by atoms with E-state index in [1.807, 2.05) is 0 Å². The molecule has 0 N–H and O–H groups in total. The lowest BCUT2D eigenvalue weighted by Crippen LogP contribution is -2.58. The molecule has 18 rings (SSSR count). The van der Waals surface area contributed by atoms with Gasteiger partial charge in [-0.05, 0) is 129 Å². The van der Waals surface area contributed by atoms with Gasteiger partial charge in [-0.25, -0.2) is 0 Å². The topological polar surface area (TPSA) is 50.3 Å². The number of fused-ring (bicyclic) bond motifs is 21. The van der Waals surface area contributed by atoms with Crippen molar-refractivity contribution in [2.45, 2.75) is 26.2 Å². The first-order valence-electron chi connectivity index (χ1n) is 26.7. The predicted octanol–water partition coefficient (Wildman–Crippen LogP) is 16.7. The van der Waals surface area contributed by atoms with Crippen molar-refractivity contribution in [2.24, 2.45) is 0 Å². The summed E-state index contributed by atoms with van der Waals surface area (Å²) in [7, 11) is 0. The van der Waals surface area contributed by atoms with E-state index in [1.165, 1.54) is 65.7 Å². The van der Waals surface area contributed by atoms with Crippen LogP contribution in [0.4, 0.5) is 0 Å². The highest BCUT2D eigenvalue weighted by molar-refractivity contribution is 6.99. The van der Waals surface area contributed by atoms with Gasteiger partial charge in [-0.2, -0.15) is 0 Å². The Bertz CT molecular complexity index is 5200. The summed E-state index contributed by atoms with van der Waals surface area (Å²) in [4.78, 5) is 0. The molecular formula is C70H44BN3O3. The number of aromatic nitrogens is 3. The lowest BCUT2D eigenvalue weighted by molar-refractivity contribution is 0.483. The number of furan rings is 2. The maximum atomic E-state index is 7.36. The number of hydrogen-bond acceptors (Lipinski definition) is 3.